The van der Waals surface area contributed by atoms with Gasteiger partial charge in [-0.25, -0.2) is 0 Å². The summed E-state index contributed by atoms with van der Waals surface area (Å²) < 4.78 is 40.2. The van der Waals surface area contributed by atoms with Gasteiger partial charge in [0.25, 0.3) is 5.91 Å². The Bertz CT molecular complexity index is 846. The maximum absolute atomic E-state index is 13.2. The number of carbonyl (C=O) groups excluding carboxylic acids is 2. The zero-order valence-electron chi connectivity index (χ0n) is 15.0. The smallest absolute Gasteiger partial charge is 0.331 e. The highest BCUT2D eigenvalue weighted by Gasteiger charge is 2.41. The van der Waals surface area contributed by atoms with E-state index < -0.39 is 23.3 Å². The molecule has 144 valence electrons. The molecule has 0 N–H and O–H groups in total. The lowest BCUT2D eigenvalue weighted by Gasteiger charge is -2.22. The van der Waals surface area contributed by atoms with Crippen molar-refractivity contribution >= 4 is 11.8 Å². The second-order valence-corrected chi connectivity index (χ2v) is 6.48. The van der Waals surface area contributed by atoms with E-state index in [4.69, 9.17) is 0 Å². The van der Waals surface area contributed by atoms with Crippen LogP contribution in [0.5, 0.6) is 0 Å². The Morgan fingerprint density at radius 1 is 1.07 bits per heavy atom. The number of halogens is 3. The van der Waals surface area contributed by atoms with Gasteiger partial charge < -0.3 is 9.80 Å². The molecule has 2 amide bonds. The van der Waals surface area contributed by atoms with Crippen molar-refractivity contribution in [3.63, 3.8) is 0 Å². The zero-order chi connectivity index (χ0) is 19.8. The second kappa shape index (κ2) is 7.05. The van der Waals surface area contributed by atoms with Gasteiger partial charge in [0.05, 0.1) is 11.8 Å². The molecule has 0 aliphatic carbocycles. The maximum Gasteiger partial charge on any atom is 0.433 e. The monoisotopic (exact) mass is 380 g/mol. The highest BCUT2D eigenvalue weighted by molar-refractivity contribution is 5.96. The van der Waals surface area contributed by atoms with Gasteiger partial charge >= 0.3 is 6.18 Å². The van der Waals surface area contributed by atoms with E-state index in [1.54, 1.807) is 17.1 Å². The van der Waals surface area contributed by atoms with Crippen LogP contribution >= 0.6 is 0 Å². The van der Waals surface area contributed by atoms with E-state index in [9.17, 15) is 22.8 Å². The number of amides is 2. The highest BCUT2D eigenvalue weighted by atomic mass is 19.4. The molecule has 6 nitrogen and oxygen atoms in total. The van der Waals surface area contributed by atoms with Crippen LogP contribution in [0.15, 0.2) is 41.6 Å². The Balaban J connectivity index is 1.67. The highest BCUT2D eigenvalue weighted by Crippen LogP contribution is 2.33. The Labute approximate surface area is 154 Å². The average Bonchev–Trinajstić information content (AvgIpc) is 3.25. The minimum absolute atomic E-state index is 0.132. The van der Waals surface area contributed by atoms with Crippen molar-refractivity contribution in [2.45, 2.75) is 13.1 Å². The lowest BCUT2D eigenvalue weighted by molar-refractivity contribution is -0.144. The fourth-order valence-corrected chi connectivity index (χ4v) is 3.33. The molecular formula is C18H19F3N4O2. The topological polar surface area (TPSA) is 58.4 Å². The molecule has 3 heterocycles. The Hall–Kier alpha value is -2.84. The molecule has 0 saturated carbocycles. The van der Waals surface area contributed by atoms with Crippen LogP contribution in [-0.2, 0) is 18.0 Å². The van der Waals surface area contributed by atoms with Crippen molar-refractivity contribution in [3.8, 4) is 0 Å². The van der Waals surface area contributed by atoms with Crippen LogP contribution < -0.4 is 0 Å². The summed E-state index contributed by atoms with van der Waals surface area (Å²) in [5.74, 6) is -0.831. The first-order valence-electron chi connectivity index (χ1n) is 8.39. The number of allylic oxidation sites excluding steroid dienone is 3. The molecule has 0 radical (unpaired) electrons. The number of aryl methyl sites for hydroxylation is 1. The minimum Gasteiger partial charge on any atom is -0.331 e. The maximum atomic E-state index is 13.2. The second-order valence-electron chi connectivity index (χ2n) is 6.48. The third-order valence-corrected chi connectivity index (χ3v) is 4.61. The number of hydrogen-bond acceptors (Lipinski definition) is 3. The van der Waals surface area contributed by atoms with E-state index in [-0.39, 0.29) is 19.0 Å². The number of rotatable bonds is 3. The van der Waals surface area contributed by atoms with Crippen molar-refractivity contribution in [2.75, 3.05) is 26.2 Å². The van der Waals surface area contributed by atoms with Gasteiger partial charge in [0.15, 0.2) is 5.69 Å². The number of carbonyl (C=O) groups is 2. The molecule has 0 fully saturated rings. The lowest BCUT2D eigenvalue weighted by Crippen LogP contribution is -2.36. The fraction of sp³-hybridized carbons (Fsp3) is 0.389. The van der Waals surface area contributed by atoms with Crippen molar-refractivity contribution < 1.29 is 22.8 Å². The first kappa shape index (κ1) is 18.9. The first-order valence-corrected chi connectivity index (χ1v) is 8.39. The number of nitrogens with zero attached hydrogens (tertiary/aromatic N) is 4. The van der Waals surface area contributed by atoms with Crippen molar-refractivity contribution in [1.29, 1.82) is 0 Å². The third-order valence-electron chi connectivity index (χ3n) is 4.61. The summed E-state index contributed by atoms with van der Waals surface area (Å²) in [7, 11) is 1.16. The van der Waals surface area contributed by atoms with Crippen molar-refractivity contribution in [1.82, 2.24) is 19.6 Å². The van der Waals surface area contributed by atoms with Crippen LogP contribution in [-0.4, -0.2) is 57.6 Å². The van der Waals surface area contributed by atoms with E-state index in [1.165, 1.54) is 11.0 Å². The molecule has 27 heavy (non-hydrogen) atoms. The molecule has 9 heteroatoms. The summed E-state index contributed by atoms with van der Waals surface area (Å²) in [4.78, 5) is 27.7. The Morgan fingerprint density at radius 3 is 2.22 bits per heavy atom. The predicted octanol–water partition coefficient (Wildman–Crippen LogP) is 2.17. The van der Waals surface area contributed by atoms with Gasteiger partial charge in [0.2, 0.25) is 5.91 Å². The number of alkyl halides is 3. The summed E-state index contributed by atoms with van der Waals surface area (Å²) in [5.41, 5.74) is 0.320. The molecule has 2 aliphatic rings. The predicted molar refractivity (Wildman–Crippen MR) is 91.7 cm³/mol. The molecule has 0 bridgehead atoms. The van der Waals surface area contributed by atoms with Gasteiger partial charge in [-0.05, 0) is 18.1 Å². The number of aromatic nitrogens is 2. The van der Waals surface area contributed by atoms with Crippen LogP contribution in [0.25, 0.3) is 0 Å². The molecule has 0 aromatic carbocycles. The summed E-state index contributed by atoms with van der Waals surface area (Å²) in [6.07, 6.45) is 2.98. The van der Waals surface area contributed by atoms with Crippen molar-refractivity contribution in [2.24, 2.45) is 7.05 Å². The van der Waals surface area contributed by atoms with Crippen LogP contribution in [0, 0.1) is 0 Å². The van der Waals surface area contributed by atoms with Crippen molar-refractivity contribution in [3.05, 3.63) is 52.9 Å². The summed E-state index contributed by atoms with van der Waals surface area (Å²) >= 11 is 0. The lowest BCUT2D eigenvalue weighted by atomic mass is 10.2. The van der Waals surface area contributed by atoms with E-state index >= 15 is 0 Å². The SMILES string of the molecule is C/C=C/C=C/C(=O)N1CC2=C(C1)CN(C(=O)c1cnn(C)c1C(F)(F)F)C2. The van der Waals surface area contributed by atoms with Gasteiger partial charge in [-0.2, -0.15) is 18.3 Å². The molecule has 1 aromatic rings. The molecule has 1 aromatic heterocycles. The summed E-state index contributed by atoms with van der Waals surface area (Å²) in [6, 6.07) is 0. The quantitative estimate of drug-likeness (QED) is 0.459. The molecule has 0 unspecified atom stereocenters. The van der Waals surface area contributed by atoms with E-state index in [1.807, 2.05) is 13.0 Å². The standard InChI is InChI=1S/C18H19F3N4O2/c1-3-4-5-6-15(26)24-8-12-10-25(11-13(12)9-24)17(27)14-7-22-23(2)16(14)18(19,20)21/h3-7H,8-11H2,1-2H3/b4-3+,6-5+. The zero-order valence-corrected chi connectivity index (χ0v) is 15.0. The van der Waals surface area contributed by atoms with E-state index in [2.05, 4.69) is 5.10 Å². The van der Waals surface area contributed by atoms with Gasteiger partial charge in [-0.1, -0.05) is 18.2 Å². The average molecular weight is 380 g/mol. The Kier molecular flexibility index (Phi) is 4.95. The summed E-state index contributed by atoms with van der Waals surface area (Å²) in [5, 5.41) is 3.59. The largest absolute Gasteiger partial charge is 0.433 e. The van der Waals surface area contributed by atoms with Gasteiger partial charge in [-0.15, -0.1) is 0 Å². The molecule has 0 saturated heterocycles. The number of hydrogen-bond donors (Lipinski definition) is 0. The van der Waals surface area contributed by atoms with Crippen LogP contribution in [0.3, 0.4) is 0 Å². The fourth-order valence-electron chi connectivity index (χ4n) is 3.33. The molecular weight excluding hydrogens is 361 g/mol. The molecule has 0 atom stereocenters. The van der Waals surface area contributed by atoms with Crippen LogP contribution in [0.4, 0.5) is 13.2 Å². The minimum atomic E-state index is -4.66. The van der Waals surface area contributed by atoms with Crippen LogP contribution in [0.1, 0.15) is 23.0 Å². The van der Waals surface area contributed by atoms with E-state index in [0.29, 0.717) is 17.8 Å². The van der Waals surface area contributed by atoms with Gasteiger partial charge in [0, 0.05) is 39.3 Å². The van der Waals surface area contributed by atoms with Crippen LogP contribution in [0.2, 0.25) is 0 Å². The molecule has 2 aliphatic heterocycles. The Morgan fingerprint density at radius 2 is 1.67 bits per heavy atom. The van der Waals surface area contributed by atoms with Gasteiger partial charge in [0.1, 0.15) is 0 Å². The third kappa shape index (κ3) is 3.67. The molecule has 3 rings (SSSR count). The first-order chi connectivity index (χ1) is 12.7. The van der Waals surface area contributed by atoms with Gasteiger partial charge in [-0.3, -0.25) is 14.3 Å². The van der Waals surface area contributed by atoms with E-state index in [0.717, 1.165) is 24.4 Å². The molecule has 0 spiro atoms. The summed E-state index contributed by atoms with van der Waals surface area (Å²) in [6.45, 7) is 3.07. The normalized spacial score (nSPS) is 17.7.